The SMILES string of the molecule is CCCNC(=O)N1CCOC[C@H]2CN(C(=O)c3cc(C4CC4)[nH]n3)CC[C@H]21. The number of carbonyl (C=O) groups is 2. The van der Waals surface area contributed by atoms with Crippen LogP contribution in [0.1, 0.15) is 54.7 Å². The highest BCUT2D eigenvalue weighted by Gasteiger charge is 2.39. The van der Waals surface area contributed by atoms with Crippen LogP contribution in [0.3, 0.4) is 0 Å². The molecule has 148 valence electrons. The number of hydrogen-bond donors (Lipinski definition) is 2. The van der Waals surface area contributed by atoms with E-state index in [0.717, 1.165) is 18.5 Å². The first-order valence-corrected chi connectivity index (χ1v) is 10.1. The molecular weight excluding hydrogens is 346 g/mol. The lowest BCUT2D eigenvalue weighted by atomic mass is 9.91. The summed E-state index contributed by atoms with van der Waals surface area (Å²) in [5.41, 5.74) is 1.58. The predicted octanol–water partition coefficient (Wildman–Crippen LogP) is 1.57. The second-order valence-electron chi connectivity index (χ2n) is 7.85. The van der Waals surface area contributed by atoms with Gasteiger partial charge >= 0.3 is 6.03 Å². The van der Waals surface area contributed by atoms with E-state index in [4.69, 9.17) is 4.74 Å². The van der Waals surface area contributed by atoms with Crippen LogP contribution in [0.2, 0.25) is 0 Å². The fourth-order valence-electron chi connectivity index (χ4n) is 4.14. The maximum Gasteiger partial charge on any atom is 0.317 e. The van der Waals surface area contributed by atoms with Crippen LogP contribution in [0.15, 0.2) is 6.07 Å². The topological polar surface area (TPSA) is 90.6 Å². The zero-order valence-electron chi connectivity index (χ0n) is 15.9. The van der Waals surface area contributed by atoms with Crippen molar-refractivity contribution < 1.29 is 14.3 Å². The third-order valence-corrected chi connectivity index (χ3v) is 5.81. The second kappa shape index (κ2) is 7.88. The molecular formula is C19H29N5O3. The summed E-state index contributed by atoms with van der Waals surface area (Å²) in [6.45, 7) is 5.71. The molecule has 4 rings (SSSR count). The van der Waals surface area contributed by atoms with Crippen molar-refractivity contribution in [3.8, 4) is 0 Å². The molecule has 1 saturated carbocycles. The Morgan fingerprint density at radius 2 is 2.19 bits per heavy atom. The number of urea groups is 1. The molecule has 1 aromatic rings. The Hall–Kier alpha value is -2.09. The van der Waals surface area contributed by atoms with Crippen molar-refractivity contribution in [2.24, 2.45) is 5.92 Å². The van der Waals surface area contributed by atoms with Gasteiger partial charge in [-0.25, -0.2) is 4.79 Å². The lowest BCUT2D eigenvalue weighted by Gasteiger charge is -2.41. The molecule has 0 spiro atoms. The molecule has 8 heteroatoms. The van der Waals surface area contributed by atoms with Crippen LogP contribution in [0.4, 0.5) is 4.79 Å². The monoisotopic (exact) mass is 375 g/mol. The smallest absolute Gasteiger partial charge is 0.317 e. The summed E-state index contributed by atoms with van der Waals surface area (Å²) >= 11 is 0. The summed E-state index contributed by atoms with van der Waals surface area (Å²) < 4.78 is 5.75. The summed E-state index contributed by atoms with van der Waals surface area (Å²) in [4.78, 5) is 29.2. The van der Waals surface area contributed by atoms with Gasteiger partial charge in [-0.2, -0.15) is 5.10 Å². The fraction of sp³-hybridized carbons (Fsp3) is 0.737. The van der Waals surface area contributed by atoms with Crippen molar-refractivity contribution in [1.29, 1.82) is 0 Å². The highest BCUT2D eigenvalue weighted by atomic mass is 16.5. The van der Waals surface area contributed by atoms with Gasteiger partial charge in [-0.15, -0.1) is 0 Å². The summed E-state index contributed by atoms with van der Waals surface area (Å²) in [6, 6.07) is 2.01. The van der Waals surface area contributed by atoms with E-state index in [9.17, 15) is 9.59 Å². The number of fused-ring (bicyclic) bond motifs is 1. The van der Waals surface area contributed by atoms with Gasteiger partial charge in [-0.05, 0) is 31.7 Å². The summed E-state index contributed by atoms with van der Waals surface area (Å²) in [7, 11) is 0. The van der Waals surface area contributed by atoms with Crippen molar-refractivity contribution in [3.63, 3.8) is 0 Å². The van der Waals surface area contributed by atoms with Crippen molar-refractivity contribution in [3.05, 3.63) is 17.5 Å². The van der Waals surface area contributed by atoms with Crippen LogP contribution in [-0.4, -0.2) is 77.4 Å². The molecule has 3 fully saturated rings. The second-order valence-corrected chi connectivity index (χ2v) is 7.85. The molecule has 2 aliphatic heterocycles. The molecule has 3 aliphatic rings. The summed E-state index contributed by atoms with van der Waals surface area (Å²) in [5.74, 6) is 0.664. The first-order chi connectivity index (χ1) is 13.2. The van der Waals surface area contributed by atoms with Crippen LogP contribution in [0, 0.1) is 5.92 Å². The molecule has 0 bridgehead atoms. The van der Waals surface area contributed by atoms with Gasteiger partial charge < -0.3 is 19.9 Å². The molecule has 0 aromatic carbocycles. The first kappa shape index (κ1) is 18.3. The number of piperidine rings is 1. The van der Waals surface area contributed by atoms with Crippen LogP contribution < -0.4 is 5.32 Å². The quantitative estimate of drug-likeness (QED) is 0.836. The Balaban J connectivity index is 1.41. The Morgan fingerprint density at radius 3 is 2.96 bits per heavy atom. The first-order valence-electron chi connectivity index (χ1n) is 10.1. The largest absolute Gasteiger partial charge is 0.379 e. The summed E-state index contributed by atoms with van der Waals surface area (Å²) in [5, 5.41) is 10.2. The van der Waals surface area contributed by atoms with Crippen molar-refractivity contribution >= 4 is 11.9 Å². The highest BCUT2D eigenvalue weighted by Crippen LogP contribution is 2.39. The lowest BCUT2D eigenvalue weighted by Crippen LogP contribution is -2.56. The van der Waals surface area contributed by atoms with Crippen molar-refractivity contribution in [2.45, 2.75) is 44.6 Å². The molecule has 1 aliphatic carbocycles. The number of nitrogens with one attached hydrogen (secondary N) is 2. The lowest BCUT2D eigenvalue weighted by molar-refractivity contribution is 0.0427. The van der Waals surface area contributed by atoms with E-state index in [2.05, 4.69) is 15.5 Å². The number of carbonyl (C=O) groups excluding carboxylic acids is 2. The maximum atomic E-state index is 12.9. The molecule has 27 heavy (non-hydrogen) atoms. The molecule has 0 unspecified atom stereocenters. The van der Waals surface area contributed by atoms with E-state index in [1.165, 1.54) is 12.8 Å². The molecule has 3 amide bonds. The van der Waals surface area contributed by atoms with Gasteiger partial charge in [0.1, 0.15) is 5.69 Å². The van der Waals surface area contributed by atoms with Gasteiger partial charge in [-0.3, -0.25) is 9.89 Å². The van der Waals surface area contributed by atoms with Gasteiger partial charge in [0.15, 0.2) is 0 Å². The Bertz CT molecular complexity index is 687. The molecule has 1 aromatic heterocycles. The normalized spacial score (nSPS) is 25.7. The number of amides is 3. The number of aromatic amines is 1. The Kier molecular flexibility index (Phi) is 5.33. The van der Waals surface area contributed by atoms with Gasteiger partial charge in [-0.1, -0.05) is 6.92 Å². The van der Waals surface area contributed by atoms with Crippen molar-refractivity contribution in [2.75, 3.05) is 39.4 Å². The van der Waals surface area contributed by atoms with E-state index in [1.54, 1.807) is 0 Å². The van der Waals surface area contributed by atoms with Gasteiger partial charge in [0.05, 0.1) is 13.2 Å². The number of hydrogen-bond acceptors (Lipinski definition) is 4. The number of rotatable bonds is 4. The Morgan fingerprint density at radius 1 is 1.33 bits per heavy atom. The van der Waals surface area contributed by atoms with Crippen LogP contribution in [-0.2, 0) is 4.74 Å². The average Bonchev–Trinajstić information content (AvgIpc) is 3.46. The predicted molar refractivity (Wildman–Crippen MR) is 99.6 cm³/mol. The van der Waals surface area contributed by atoms with E-state index in [-0.39, 0.29) is 23.9 Å². The number of nitrogens with zero attached hydrogens (tertiary/aromatic N) is 3. The number of ether oxygens (including phenoxy) is 1. The number of aromatic nitrogens is 2. The minimum atomic E-state index is -0.0252. The minimum absolute atomic E-state index is 0.0153. The fourth-order valence-corrected chi connectivity index (χ4v) is 4.14. The zero-order valence-corrected chi connectivity index (χ0v) is 15.9. The van der Waals surface area contributed by atoms with Gasteiger partial charge in [0, 0.05) is 49.8 Å². The third kappa shape index (κ3) is 3.95. The summed E-state index contributed by atoms with van der Waals surface area (Å²) in [6.07, 6.45) is 4.05. The minimum Gasteiger partial charge on any atom is -0.379 e. The maximum absolute atomic E-state index is 12.9. The number of likely N-dealkylation sites (tertiary alicyclic amines) is 1. The standard InChI is InChI=1S/C19H29N5O3/c1-2-6-20-19(26)24-8-9-27-12-14-11-23(7-5-17(14)24)18(25)16-10-15(21-22-16)13-3-4-13/h10,13-14,17H,2-9,11-12H2,1H3,(H,20,26)(H,21,22)/t14-,17-/m1/s1. The molecule has 2 saturated heterocycles. The van der Waals surface area contributed by atoms with E-state index in [1.807, 2.05) is 22.8 Å². The molecule has 2 atom stereocenters. The van der Waals surface area contributed by atoms with Crippen LogP contribution in [0.25, 0.3) is 0 Å². The van der Waals surface area contributed by atoms with E-state index >= 15 is 0 Å². The van der Waals surface area contributed by atoms with Crippen LogP contribution in [0.5, 0.6) is 0 Å². The Labute approximate surface area is 159 Å². The molecule has 0 radical (unpaired) electrons. The molecule has 3 heterocycles. The van der Waals surface area contributed by atoms with E-state index < -0.39 is 0 Å². The molecule has 8 nitrogen and oxygen atoms in total. The van der Waals surface area contributed by atoms with E-state index in [0.29, 0.717) is 51.0 Å². The third-order valence-electron chi connectivity index (χ3n) is 5.81. The van der Waals surface area contributed by atoms with Gasteiger partial charge in [0.25, 0.3) is 5.91 Å². The highest BCUT2D eigenvalue weighted by molar-refractivity contribution is 5.92. The molecule has 2 N–H and O–H groups in total. The average molecular weight is 375 g/mol. The van der Waals surface area contributed by atoms with Crippen LogP contribution >= 0.6 is 0 Å². The van der Waals surface area contributed by atoms with Gasteiger partial charge in [0.2, 0.25) is 0 Å². The van der Waals surface area contributed by atoms with Crippen molar-refractivity contribution in [1.82, 2.24) is 25.3 Å². The zero-order chi connectivity index (χ0) is 18.8. The number of H-pyrrole nitrogens is 1.